The van der Waals surface area contributed by atoms with E-state index in [0.717, 1.165) is 33.5 Å². The van der Waals surface area contributed by atoms with Gasteiger partial charge in [0.2, 0.25) is 0 Å². The number of benzene rings is 2. The molecular weight excluding hydrogens is 452 g/mol. The minimum Gasteiger partial charge on any atom is -0.486 e. The molecule has 0 spiro atoms. The van der Waals surface area contributed by atoms with Gasteiger partial charge in [-0.3, -0.25) is 0 Å². The summed E-state index contributed by atoms with van der Waals surface area (Å²) in [5, 5.41) is 6.51. The van der Waals surface area contributed by atoms with Crippen LogP contribution in [0.2, 0.25) is 0 Å². The van der Waals surface area contributed by atoms with Gasteiger partial charge in [-0.1, -0.05) is 52.3 Å². The predicted octanol–water partition coefficient (Wildman–Crippen LogP) is 6.23. The third-order valence-electron chi connectivity index (χ3n) is 7.35. The fourth-order valence-corrected chi connectivity index (χ4v) is 6.91. The smallest absolute Gasteiger partial charge is 0.315 e. The molecule has 31 heavy (non-hydrogen) atoms. The molecule has 164 valence electrons. The molecule has 0 radical (unpaired) electrons. The van der Waals surface area contributed by atoms with Gasteiger partial charge in [-0.25, -0.2) is 4.79 Å². The van der Waals surface area contributed by atoms with E-state index in [9.17, 15) is 4.79 Å². The van der Waals surface area contributed by atoms with E-state index in [-0.39, 0.29) is 17.7 Å². The first-order valence-electron chi connectivity index (χ1n) is 11.6. The molecule has 5 heteroatoms. The van der Waals surface area contributed by atoms with Crippen LogP contribution in [0.15, 0.2) is 59.1 Å². The molecule has 4 aliphatic rings. The van der Waals surface area contributed by atoms with Crippen LogP contribution < -0.4 is 15.4 Å². The van der Waals surface area contributed by atoms with Gasteiger partial charge < -0.3 is 15.4 Å². The van der Waals surface area contributed by atoms with Crippen molar-refractivity contribution in [3.63, 3.8) is 0 Å². The highest BCUT2D eigenvalue weighted by Gasteiger charge is 2.51. The molecular formula is C26H31BrN2O2. The summed E-state index contributed by atoms with van der Waals surface area (Å²) < 4.78 is 7.29. The number of nitrogens with one attached hydrogen (secondary N) is 2. The summed E-state index contributed by atoms with van der Waals surface area (Å²) >= 11 is 3.51. The van der Waals surface area contributed by atoms with Crippen LogP contribution in [0.1, 0.15) is 56.6 Å². The first-order valence-corrected chi connectivity index (χ1v) is 12.4. The highest BCUT2D eigenvalue weighted by atomic mass is 79.9. The van der Waals surface area contributed by atoms with E-state index in [1.807, 2.05) is 42.5 Å². The number of carbonyl (C=O) groups is 1. The summed E-state index contributed by atoms with van der Waals surface area (Å²) in [6.45, 7) is 0.575. The number of ether oxygens (including phenoxy) is 1. The molecule has 0 saturated heterocycles. The van der Waals surface area contributed by atoms with Gasteiger partial charge in [0, 0.05) is 23.0 Å². The van der Waals surface area contributed by atoms with E-state index in [4.69, 9.17) is 4.74 Å². The van der Waals surface area contributed by atoms with E-state index < -0.39 is 0 Å². The lowest BCUT2D eigenvalue weighted by atomic mass is 9.53. The summed E-state index contributed by atoms with van der Waals surface area (Å²) in [6, 6.07) is 18.1. The Bertz CT molecular complexity index is 881. The Labute approximate surface area is 193 Å². The molecule has 0 aliphatic heterocycles. The molecule has 6 rings (SSSR count). The van der Waals surface area contributed by atoms with E-state index in [0.29, 0.717) is 13.0 Å². The Morgan fingerprint density at radius 1 is 1.00 bits per heavy atom. The highest BCUT2D eigenvalue weighted by Crippen LogP contribution is 2.55. The molecule has 1 unspecified atom stereocenters. The lowest BCUT2D eigenvalue weighted by molar-refractivity contribution is -0.0135. The van der Waals surface area contributed by atoms with Crippen molar-refractivity contribution in [3.8, 4) is 5.75 Å². The van der Waals surface area contributed by atoms with Gasteiger partial charge in [0.15, 0.2) is 0 Å². The van der Waals surface area contributed by atoms with E-state index in [1.165, 1.54) is 38.5 Å². The minimum atomic E-state index is -0.115. The molecule has 4 aliphatic carbocycles. The largest absolute Gasteiger partial charge is 0.486 e. The van der Waals surface area contributed by atoms with Gasteiger partial charge in [-0.05, 0) is 80.0 Å². The number of carbonyl (C=O) groups excluding carboxylic acids is 1. The maximum atomic E-state index is 12.8. The zero-order valence-corrected chi connectivity index (χ0v) is 19.4. The van der Waals surface area contributed by atoms with Crippen LogP contribution in [0, 0.1) is 17.8 Å². The van der Waals surface area contributed by atoms with Crippen LogP contribution in [-0.4, -0.2) is 18.1 Å². The number of hydrogen-bond donors (Lipinski definition) is 2. The van der Waals surface area contributed by atoms with Crippen molar-refractivity contribution >= 4 is 22.0 Å². The Hall–Kier alpha value is -2.01. The van der Waals surface area contributed by atoms with Gasteiger partial charge >= 0.3 is 6.03 Å². The van der Waals surface area contributed by atoms with Crippen molar-refractivity contribution in [2.75, 3.05) is 6.54 Å². The molecule has 2 aromatic rings. The molecule has 0 aromatic heterocycles. The third kappa shape index (κ3) is 4.92. The molecule has 4 bridgehead atoms. The van der Waals surface area contributed by atoms with Crippen molar-refractivity contribution in [3.05, 3.63) is 64.6 Å². The summed E-state index contributed by atoms with van der Waals surface area (Å²) in [6.07, 6.45) is 8.26. The van der Waals surface area contributed by atoms with Gasteiger partial charge in [0.05, 0.1) is 0 Å². The monoisotopic (exact) mass is 482 g/mol. The summed E-state index contributed by atoms with van der Waals surface area (Å²) in [5.41, 5.74) is 1.16. The average molecular weight is 483 g/mol. The van der Waals surface area contributed by atoms with E-state index >= 15 is 0 Å². The predicted molar refractivity (Wildman–Crippen MR) is 126 cm³/mol. The third-order valence-corrected chi connectivity index (χ3v) is 7.85. The maximum absolute atomic E-state index is 12.8. The quantitative estimate of drug-likeness (QED) is 0.491. The maximum Gasteiger partial charge on any atom is 0.315 e. The van der Waals surface area contributed by atoms with Crippen LogP contribution in [0.5, 0.6) is 5.75 Å². The minimum absolute atomic E-state index is 0.0174. The van der Waals surface area contributed by atoms with Gasteiger partial charge in [-0.2, -0.15) is 0 Å². The Balaban J connectivity index is 1.18. The summed E-state index contributed by atoms with van der Waals surface area (Å²) in [5.74, 6) is 3.30. The van der Waals surface area contributed by atoms with Crippen molar-refractivity contribution in [2.45, 2.75) is 56.6 Å². The second-order valence-corrected chi connectivity index (χ2v) is 10.8. The molecule has 2 amide bonds. The van der Waals surface area contributed by atoms with Gasteiger partial charge in [0.25, 0.3) is 0 Å². The second-order valence-electron chi connectivity index (χ2n) is 9.84. The molecule has 2 N–H and O–H groups in total. The van der Waals surface area contributed by atoms with Crippen molar-refractivity contribution < 1.29 is 9.53 Å². The topological polar surface area (TPSA) is 50.4 Å². The van der Waals surface area contributed by atoms with Crippen molar-refractivity contribution in [2.24, 2.45) is 17.8 Å². The SMILES string of the molecule is O=C(NCCC(Oc1cccc(Br)c1)c1ccccc1)NC12CC3CC(CC(C3)C1)C2. The second kappa shape index (κ2) is 8.85. The summed E-state index contributed by atoms with van der Waals surface area (Å²) in [4.78, 5) is 12.8. The molecule has 2 aromatic carbocycles. The van der Waals surface area contributed by atoms with E-state index in [2.05, 4.69) is 38.7 Å². The fourth-order valence-electron chi connectivity index (χ4n) is 6.53. The first kappa shape index (κ1) is 20.9. The van der Waals surface area contributed by atoms with Crippen LogP contribution >= 0.6 is 15.9 Å². The number of hydrogen-bond acceptors (Lipinski definition) is 2. The number of urea groups is 1. The molecule has 4 nitrogen and oxygen atoms in total. The summed E-state index contributed by atoms with van der Waals surface area (Å²) in [7, 11) is 0. The Morgan fingerprint density at radius 2 is 1.68 bits per heavy atom. The lowest BCUT2D eigenvalue weighted by Crippen LogP contribution is -2.61. The van der Waals surface area contributed by atoms with Gasteiger partial charge in [0.1, 0.15) is 11.9 Å². The number of halogens is 1. The number of rotatable bonds is 7. The molecule has 1 atom stereocenters. The normalized spacial score (nSPS) is 29.4. The molecule has 0 heterocycles. The van der Waals surface area contributed by atoms with Crippen LogP contribution in [0.4, 0.5) is 4.79 Å². The van der Waals surface area contributed by atoms with Crippen LogP contribution in [0.3, 0.4) is 0 Å². The van der Waals surface area contributed by atoms with Crippen molar-refractivity contribution in [1.82, 2.24) is 10.6 Å². The van der Waals surface area contributed by atoms with Gasteiger partial charge in [-0.15, -0.1) is 0 Å². The number of amides is 2. The van der Waals surface area contributed by atoms with Crippen LogP contribution in [0.25, 0.3) is 0 Å². The lowest BCUT2D eigenvalue weighted by Gasteiger charge is -2.56. The Morgan fingerprint density at radius 3 is 2.32 bits per heavy atom. The van der Waals surface area contributed by atoms with Crippen molar-refractivity contribution in [1.29, 1.82) is 0 Å². The standard InChI is InChI=1S/C26H31BrN2O2/c27-22-7-4-8-23(14-22)31-24(21-5-2-1-3-6-21)9-10-28-25(30)29-26-15-18-11-19(16-26)13-20(12-18)17-26/h1-8,14,18-20,24H,9-13,15-17H2,(H2,28,29,30). The zero-order chi connectivity index (χ0) is 21.3. The molecule has 4 saturated carbocycles. The fraction of sp³-hybridized carbons (Fsp3) is 0.500. The zero-order valence-electron chi connectivity index (χ0n) is 17.9. The highest BCUT2D eigenvalue weighted by molar-refractivity contribution is 9.10. The Kier molecular flexibility index (Phi) is 5.96. The van der Waals surface area contributed by atoms with E-state index in [1.54, 1.807) is 0 Å². The molecule has 4 fully saturated rings. The average Bonchev–Trinajstić information content (AvgIpc) is 2.72. The van der Waals surface area contributed by atoms with Crippen LogP contribution in [-0.2, 0) is 0 Å². The first-order chi connectivity index (χ1) is 15.1.